The summed E-state index contributed by atoms with van der Waals surface area (Å²) >= 11 is 0. The SMILES string of the molecule is Cc1ccc(NC(N)=NCc2cccnc2Oc2cccc(F)c2)cc1C. The van der Waals surface area contributed by atoms with E-state index in [1.807, 2.05) is 31.2 Å². The quantitative estimate of drug-likeness (QED) is 0.514. The maximum Gasteiger partial charge on any atom is 0.224 e. The van der Waals surface area contributed by atoms with Crippen LogP contribution in [0.25, 0.3) is 0 Å². The number of rotatable bonds is 5. The fourth-order valence-electron chi connectivity index (χ4n) is 2.46. The molecule has 0 amide bonds. The van der Waals surface area contributed by atoms with Crippen LogP contribution in [-0.2, 0) is 6.54 Å². The zero-order valence-electron chi connectivity index (χ0n) is 15.2. The summed E-state index contributed by atoms with van der Waals surface area (Å²) in [4.78, 5) is 8.56. The Balaban J connectivity index is 1.71. The van der Waals surface area contributed by atoms with Crippen molar-refractivity contribution in [1.82, 2.24) is 4.98 Å². The van der Waals surface area contributed by atoms with Crippen LogP contribution in [0.2, 0.25) is 0 Å². The van der Waals surface area contributed by atoms with Crippen LogP contribution < -0.4 is 15.8 Å². The lowest BCUT2D eigenvalue weighted by Crippen LogP contribution is -2.22. The molecule has 0 spiro atoms. The largest absolute Gasteiger partial charge is 0.439 e. The summed E-state index contributed by atoms with van der Waals surface area (Å²) in [6.45, 7) is 4.38. The van der Waals surface area contributed by atoms with E-state index in [1.165, 1.54) is 23.3 Å². The number of pyridine rings is 1. The van der Waals surface area contributed by atoms with Gasteiger partial charge in [0.1, 0.15) is 11.6 Å². The molecule has 1 aromatic heterocycles. The molecule has 0 fully saturated rings. The number of hydrogen-bond acceptors (Lipinski definition) is 3. The van der Waals surface area contributed by atoms with Gasteiger partial charge in [-0.25, -0.2) is 14.4 Å². The Labute approximate surface area is 157 Å². The van der Waals surface area contributed by atoms with Crippen LogP contribution in [0, 0.1) is 19.7 Å². The molecule has 0 bridgehead atoms. The third kappa shape index (κ3) is 5.04. The normalized spacial score (nSPS) is 11.3. The number of nitrogens with two attached hydrogens (primary N) is 1. The lowest BCUT2D eigenvalue weighted by molar-refractivity contribution is 0.452. The van der Waals surface area contributed by atoms with Crippen molar-refractivity contribution in [2.24, 2.45) is 10.7 Å². The zero-order valence-corrected chi connectivity index (χ0v) is 15.2. The summed E-state index contributed by atoms with van der Waals surface area (Å²) in [5.74, 6) is 0.662. The highest BCUT2D eigenvalue weighted by molar-refractivity contribution is 5.92. The van der Waals surface area contributed by atoms with Crippen molar-refractivity contribution < 1.29 is 9.13 Å². The molecular weight excluding hydrogens is 343 g/mol. The summed E-state index contributed by atoms with van der Waals surface area (Å²) in [5.41, 5.74) is 10.00. The van der Waals surface area contributed by atoms with Crippen LogP contribution in [0.3, 0.4) is 0 Å². The number of aryl methyl sites for hydroxylation is 2. The number of ether oxygens (including phenoxy) is 1. The maximum atomic E-state index is 13.3. The van der Waals surface area contributed by atoms with Gasteiger partial charge in [-0.05, 0) is 55.3 Å². The summed E-state index contributed by atoms with van der Waals surface area (Å²) in [6.07, 6.45) is 1.61. The van der Waals surface area contributed by atoms with E-state index in [-0.39, 0.29) is 12.4 Å². The van der Waals surface area contributed by atoms with Crippen molar-refractivity contribution in [3.63, 3.8) is 0 Å². The van der Waals surface area contributed by atoms with Crippen molar-refractivity contribution in [3.8, 4) is 11.6 Å². The molecule has 138 valence electrons. The molecule has 0 saturated heterocycles. The number of nitrogens with one attached hydrogen (secondary N) is 1. The lowest BCUT2D eigenvalue weighted by Gasteiger charge is -2.10. The highest BCUT2D eigenvalue weighted by Gasteiger charge is 2.07. The Bertz CT molecular complexity index is 972. The Morgan fingerprint density at radius 2 is 1.96 bits per heavy atom. The molecular formula is C21H21FN4O. The highest BCUT2D eigenvalue weighted by atomic mass is 19.1. The minimum absolute atomic E-state index is 0.280. The van der Waals surface area contributed by atoms with E-state index in [0.717, 1.165) is 11.3 Å². The first-order valence-electron chi connectivity index (χ1n) is 8.53. The number of aliphatic imine (C=N–C) groups is 1. The molecule has 0 aliphatic rings. The number of aromatic nitrogens is 1. The van der Waals surface area contributed by atoms with Gasteiger partial charge in [-0.15, -0.1) is 0 Å². The first-order valence-corrected chi connectivity index (χ1v) is 8.53. The Morgan fingerprint density at radius 3 is 2.74 bits per heavy atom. The highest BCUT2D eigenvalue weighted by Crippen LogP contribution is 2.24. The Hall–Kier alpha value is -3.41. The van der Waals surface area contributed by atoms with E-state index in [0.29, 0.717) is 17.6 Å². The van der Waals surface area contributed by atoms with Crippen molar-refractivity contribution in [2.75, 3.05) is 5.32 Å². The van der Waals surface area contributed by atoms with Gasteiger partial charge in [0.25, 0.3) is 0 Å². The van der Waals surface area contributed by atoms with Gasteiger partial charge in [-0.3, -0.25) is 0 Å². The first-order chi connectivity index (χ1) is 13.0. The van der Waals surface area contributed by atoms with Gasteiger partial charge < -0.3 is 15.8 Å². The van der Waals surface area contributed by atoms with Crippen molar-refractivity contribution in [2.45, 2.75) is 20.4 Å². The van der Waals surface area contributed by atoms with Crippen molar-refractivity contribution in [3.05, 3.63) is 83.3 Å². The first kappa shape index (κ1) is 18.4. The van der Waals surface area contributed by atoms with Crippen molar-refractivity contribution >= 4 is 11.6 Å². The third-order valence-corrected chi connectivity index (χ3v) is 4.06. The van der Waals surface area contributed by atoms with E-state index in [4.69, 9.17) is 10.5 Å². The minimum Gasteiger partial charge on any atom is -0.439 e. The molecule has 5 nitrogen and oxygen atoms in total. The second kappa shape index (κ2) is 8.31. The topological polar surface area (TPSA) is 72.5 Å². The molecule has 6 heteroatoms. The van der Waals surface area contributed by atoms with E-state index in [9.17, 15) is 4.39 Å². The predicted molar refractivity (Wildman–Crippen MR) is 106 cm³/mol. The molecule has 0 saturated carbocycles. The second-order valence-electron chi connectivity index (χ2n) is 6.15. The van der Waals surface area contributed by atoms with E-state index in [1.54, 1.807) is 24.4 Å². The molecule has 0 aliphatic carbocycles. The molecule has 0 radical (unpaired) electrons. The van der Waals surface area contributed by atoms with Gasteiger partial charge >= 0.3 is 0 Å². The Kier molecular flexibility index (Phi) is 5.66. The van der Waals surface area contributed by atoms with Crippen LogP contribution in [0.4, 0.5) is 10.1 Å². The number of halogens is 1. The van der Waals surface area contributed by atoms with Gasteiger partial charge in [-0.1, -0.05) is 18.2 Å². The number of benzene rings is 2. The summed E-state index contributed by atoms with van der Waals surface area (Å²) < 4.78 is 19.0. The standard InChI is InChI=1S/C21H21FN4O/c1-14-8-9-18(11-15(14)2)26-21(23)25-13-16-5-4-10-24-20(16)27-19-7-3-6-17(22)12-19/h3-12H,13H2,1-2H3,(H3,23,25,26). The number of anilines is 1. The van der Waals surface area contributed by atoms with Gasteiger partial charge in [0.2, 0.25) is 5.88 Å². The van der Waals surface area contributed by atoms with E-state index < -0.39 is 0 Å². The lowest BCUT2D eigenvalue weighted by atomic mass is 10.1. The molecule has 1 heterocycles. The molecule has 0 atom stereocenters. The van der Waals surface area contributed by atoms with Crippen LogP contribution in [0.5, 0.6) is 11.6 Å². The minimum atomic E-state index is -0.371. The van der Waals surface area contributed by atoms with Crippen LogP contribution >= 0.6 is 0 Å². The number of guanidine groups is 1. The molecule has 27 heavy (non-hydrogen) atoms. The fraction of sp³-hybridized carbons (Fsp3) is 0.143. The molecule has 3 rings (SSSR count). The summed E-state index contributed by atoms with van der Waals surface area (Å²) in [7, 11) is 0. The average Bonchev–Trinajstić information content (AvgIpc) is 2.64. The van der Waals surface area contributed by atoms with Crippen LogP contribution in [0.1, 0.15) is 16.7 Å². The molecule has 2 aromatic carbocycles. The molecule has 3 N–H and O–H groups in total. The number of hydrogen-bond donors (Lipinski definition) is 2. The molecule has 0 aliphatic heterocycles. The second-order valence-corrected chi connectivity index (χ2v) is 6.15. The molecule has 0 unspecified atom stereocenters. The van der Waals surface area contributed by atoms with Crippen LogP contribution in [0.15, 0.2) is 65.8 Å². The van der Waals surface area contributed by atoms with Crippen LogP contribution in [-0.4, -0.2) is 10.9 Å². The zero-order chi connectivity index (χ0) is 19.2. The summed E-state index contributed by atoms with van der Waals surface area (Å²) in [5, 5.41) is 3.07. The summed E-state index contributed by atoms with van der Waals surface area (Å²) in [6, 6.07) is 15.5. The predicted octanol–water partition coefficient (Wildman–Crippen LogP) is 4.56. The van der Waals surface area contributed by atoms with Gasteiger partial charge in [0.05, 0.1) is 6.54 Å². The van der Waals surface area contributed by atoms with Gasteiger partial charge in [-0.2, -0.15) is 0 Å². The third-order valence-electron chi connectivity index (χ3n) is 4.06. The Morgan fingerprint density at radius 1 is 1.11 bits per heavy atom. The smallest absolute Gasteiger partial charge is 0.224 e. The van der Waals surface area contributed by atoms with Gasteiger partial charge in [0.15, 0.2) is 5.96 Å². The maximum absolute atomic E-state index is 13.3. The van der Waals surface area contributed by atoms with Crippen molar-refractivity contribution in [1.29, 1.82) is 0 Å². The molecule has 3 aromatic rings. The monoisotopic (exact) mass is 364 g/mol. The average molecular weight is 364 g/mol. The van der Waals surface area contributed by atoms with Gasteiger partial charge in [0, 0.05) is 23.5 Å². The van der Waals surface area contributed by atoms with E-state index >= 15 is 0 Å². The van der Waals surface area contributed by atoms with E-state index in [2.05, 4.69) is 22.2 Å². The fourth-order valence-corrected chi connectivity index (χ4v) is 2.46. The number of nitrogens with zero attached hydrogens (tertiary/aromatic N) is 2.